The van der Waals surface area contributed by atoms with Crippen molar-refractivity contribution >= 4 is 5.91 Å². The zero-order chi connectivity index (χ0) is 15.7. The molecule has 0 radical (unpaired) electrons. The lowest BCUT2D eigenvalue weighted by Crippen LogP contribution is -2.45. The van der Waals surface area contributed by atoms with E-state index < -0.39 is 6.04 Å². The highest BCUT2D eigenvalue weighted by atomic mass is 16.5. The number of methoxy groups -OCH3 is 2. The quantitative estimate of drug-likeness (QED) is 0.677. The predicted octanol–water partition coefficient (Wildman–Crippen LogP) is 1.50. The van der Waals surface area contributed by atoms with E-state index in [4.69, 9.17) is 15.2 Å². The van der Waals surface area contributed by atoms with Crippen LogP contribution >= 0.6 is 0 Å². The minimum atomic E-state index is -0.486. The number of carbonyl (C=O) groups is 1. The molecule has 2 atom stereocenters. The summed E-state index contributed by atoms with van der Waals surface area (Å²) in [6.07, 6.45) is 2.12. The maximum Gasteiger partial charge on any atom is 0.237 e. The fraction of sp³-hybridized carbons (Fsp3) is 0.562. The van der Waals surface area contributed by atoms with E-state index in [0.29, 0.717) is 19.4 Å². The van der Waals surface area contributed by atoms with Crippen LogP contribution in [0.5, 0.6) is 5.75 Å². The van der Waals surface area contributed by atoms with Crippen molar-refractivity contribution in [3.05, 3.63) is 29.8 Å². The van der Waals surface area contributed by atoms with Gasteiger partial charge < -0.3 is 20.5 Å². The average Bonchev–Trinajstić information content (AvgIpc) is 2.47. The maximum absolute atomic E-state index is 12.0. The molecular weight excluding hydrogens is 268 g/mol. The fourth-order valence-corrected chi connectivity index (χ4v) is 2.18. The molecule has 0 heterocycles. The molecule has 1 aromatic rings. The Morgan fingerprint density at radius 1 is 1.33 bits per heavy atom. The molecule has 0 aliphatic carbocycles. The van der Waals surface area contributed by atoms with Crippen molar-refractivity contribution in [1.29, 1.82) is 0 Å². The summed E-state index contributed by atoms with van der Waals surface area (Å²) in [6, 6.07) is 7.32. The molecule has 3 N–H and O–H groups in total. The summed E-state index contributed by atoms with van der Waals surface area (Å²) in [4.78, 5) is 12.0. The molecule has 2 unspecified atom stereocenters. The van der Waals surface area contributed by atoms with Crippen LogP contribution in [-0.4, -0.2) is 38.8 Å². The third-order valence-corrected chi connectivity index (χ3v) is 3.31. The van der Waals surface area contributed by atoms with E-state index in [1.54, 1.807) is 14.2 Å². The zero-order valence-corrected chi connectivity index (χ0v) is 13.1. The summed E-state index contributed by atoms with van der Waals surface area (Å²) < 4.78 is 10.3. The van der Waals surface area contributed by atoms with E-state index in [2.05, 4.69) is 5.32 Å². The molecule has 5 heteroatoms. The Labute approximate surface area is 126 Å². The van der Waals surface area contributed by atoms with Gasteiger partial charge in [0.05, 0.1) is 13.2 Å². The molecule has 0 bridgehead atoms. The van der Waals surface area contributed by atoms with E-state index in [-0.39, 0.29) is 11.9 Å². The third kappa shape index (κ3) is 6.14. The molecule has 0 aromatic heterocycles. The molecule has 1 aromatic carbocycles. The number of ether oxygens (including phenoxy) is 2. The summed E-state index contributed by atoms with van der Waals surface area (Å²) in [6.45, 7) is 2.59. The van der Waals surface area contributed by atoms with E-state index >= 15 is 0 Å². The standard InChI is InChI=1S/C16H26N2O3/c1-12(11-13-7-4-5-9-15(13)21-3)18-16(19)14(17)8-6-10-20-2/h4-5,7,9,12,14H,6,8,10-11,17H2,1-3H3,(H,18,19). The molecule has 0 aliphatic heterocycles. The second-order valence-corrected chi connectivity index (χ2v) is 5.17. The SMILES string of the molecule is COCCCC(N)C(=O)NC(C)Cc1ccccc1OC. The van der Waals surface area contributed by atoms with Gasteiger partial charge >= 0.3 is 0 Å². The van der Waals surface area contributed by atoms with Gasteiger partial charge in [-0.1, -0.05) is 18.2 Å². The molecule has 0 saturated heterocycles. The van der Waals surface area contributed by atoms with Gasteiger partial charge in [0.15, 0.2) is 0 Å². The highest BCUT2D eigenvalue weighted by molar-refractivity contribution is 5.81. The lowest BCUT2D eigenvalue weighted by Gasteiger charge is -2.18. The monoisotopic (exact) mass is 294 g/mol. The number of benzene rings is 1. The molecule has 1 amide bonds. The number of carbonyl (C=O) groups excluding carboxylic acids is 1. The lowest BCUT2D eigenvalue weighted by molar-refractivity contribution is -0.123. The van der Waals surface area contributed by atoms with Crippen LogP contribution in [0.3, 0.4) is 0 Å². The second kappa shape index (κ2) is 9.37. The highest BCUT2D eigenvalue weighted by Crippen LogP contribution is 2.18. The number of nitrogens with one attached hydrogen (secondary N) is 1. The first kappa shape index (κ1) is 17.5. The third-order valence-electron chi connectivity index (χ3n) is 3.31. The second-order valence-electron chi connectivity index (χ2n) is 5.17. The van der Waals surface area contributed by atoms with Gasteiger partial charge in [0.1, 0.15) is 5.75 Å². The number of hydrogen-bond donors (Lipinski definition) is 2. The van der Waals surface area contributed by atoms with E-state index in [1.807, 2.05) is 31.2 Å². The van der Waals surface area contributed by atoms with Crippen LogP contribution in [0.25, 0.3) is 0 Å². The highest BCUT2D eigenvalue weighted by Gasteiger charge is 2.16. The van der Waals surface area contributed by atoms with Crippen molar-refractivity contribution in [3.63, 3.8) is 0 Å². The molecule has 118 valence electrons. The zero-order valence-electron chi connectivity index (χ0n) is 13.1. The van der Waals surface area contributed by atoms with E-state index in [1.165, 1.54) is 0 Å². The Morgan fingerprint density at radius 3 is 2.71 bits per heavy atom. The molecule has 0 spiro atoms. The number of rotatable bonds is 9. The fourth-order valence-electron chi connectivity index (χ4n) is 2.18. The van der Waals surface area contributed by atoms with Crippen LogP contribution in [0.4, 0.5) is 0 Å². The molecule has 5 nitrogen and oxygen atoms in total. The number of nitrogens with two attached hydrogens (primary N) is 1. The molecule has 0 saturated carbocycles. The van der Waals surface area contributed by atoms with Gasteiger partial charge in [-0.2, -0.15) is 0 Å². The minimum absolute atomic E-state index is 0.00211. The van der Waals surface area contributed by atoms with Crippen LogP contribution in [0.1, 0.15) is 25.3 Å². The van der Waals surface area contributed by atoms with Gasteiger partial charge in [-0.15, -0.1) is 0 Å². The van der Waals surface area contributed by atoms with Gasteiger partial charge in [0.2, 0.25) is 5.91 Å². The molecular formula is C16H26N2O3. The number of amides is 1. The lowest BCUT2D eigenvalue weighted by atomic mass is 10.1. The van der Waals surface area contributed by atoms with Crippen molar-refractivity contribution in [2.24, 2.45) is 5.73 Å². The Morgan fingerprint density at radius 2 is 2.05 bits per heavy atom. The van der Waals surface area contributed by atoms with Gasteiger partial charge in [0, 0.05) is 19.8 Å². The van der Waals surface area contributed by atoms with Crippen LogP contribution in [0.2, 0.25) is 0 Å². The Balaban J connectivity index is 2.45. The smallest absolute Gasteiger partial charge is 0.237 e. The normalized spacial score (nSPS) is 13.5. The minimum Gasteiger partial charge on any atom is -0.496 e. The Kier molecular flexibility index (Phi) is 7.79. The molecule has 21 heavy (non-hydrogen) atoms. The van der Waals surface area contributed by atoms with Crippen LogP contribution in [0, 0.1) is 0 Å². The molecule has 0 fully saturated rings. The van der Waals surface area contributed by atoms with Crippen molar-refractivity contribution < 1.29 is 14.3 Å². The summed E-state index contributed by atoms with van der Waals surface area (Å²) >= 11 is 0. The summed E-state index contributed by atoms with van der Waals surface area (Å²) in [5.74, 6) is 0.719. The van der Waals surface area contributed by atoms with E-state index in [0.717, 1.165) is 17.7 Å². The van der Waals surface area contributed by atoms with E-state index in [9.17, 15) is 4.79 Å². The topological polar surface area (TPSA) is 73.6 Å². The predicted molar refractivity (Wildman–Crippen MR) is 83.4 cm³/mol. The van der Waals surface area contributed by atoms with Crippen molar-refractivity contribution in [2.75, 3.05) is 20.8 Å². The van der Waals surface area contributed by atoms with Crippen LogP contribution in [0.15, 0.2) is 24.3 Å². The summed E-state index contributed by atoms with van der Waals surface area (Å²) in [7, 11) is 3.29. The van der Waals surface area contributed by atoms with Crippen LogP contribution < -0.4 is 15.8 Å². The van der Waals surface area contributed by atoms with Gasteiger partial charge in [-0.25, -0.2) is 0 Å². The maximum atomic E-state index is 12.0. The molecule has 1 rings (SSSR count). The largest absolute Gasteiger partial charge is 0.496 e. The van der Waals surface area contributed by atoms with Gasteiger partial charge in [-0.05, 0) is 37.8 Å². The Bertz CT molecular complexity index is 437. The Hall–Kier alpha value is -1.59. The van der Waals surface area contributed by atoms with Crippen LogP contribution in [-0.2, 0) is 16.0 Å². The average molecular weight is 294 g/mol. The number of hydrogen-bond acceptors (Lipinski definition) is 4. The van der Waals surface area contributed by atoms with Gasteiger partial charge in [-0.3, -0.25) is 4.79 Å². The summed E-state index contributed by atoms with van der Waals surface area (Å²) in [5, 5.41) is 2.95. The van der Waals surface area contributed by atoms with Crippen molar-refractivity contribution in [1.82, 2.24) is 5.32 Å². The first-order chi connectivity index (χ1) is 10.1. The number of para-hydroxylation sites is 1. The summed E-state index contributed by atoms with van der Waals surface area (Å²) in [5.41, 5.74) is 6.93. The molecule has 0 aliphatic rings. The van der Waals surface area contributed by atoms with Crippen molar-refractivity contribution in [2.45, 2.75) is 38.3 Å². The van der Waals surface area contributed by atoms with Crippen molar-refractivity contribution in [3.8, 4) is 5.75 Å². The first-order valence-electron chi connectivity index (χ1n) is 7.25. The van der Waals surface area contributed by atoms with Gasteiger partial charge in [0.25, 0.3) is 0 Å². The first-order valence-corrected chi connectivity index (χ1v) is 7.25.